The van der Waals surface area contributed by atoms with Gasteiger partial charge in [-0.15, -0.1) is 0 Å². The van der Waals surface area contributed by atoms with Crippen molar-refractivity contribution in [3.63, 3.8) is 0 Å². The van der Waals surface area contributed by atoms with Crippen LogP contribution in [0.3, 0.4) is 0 Å². The number of amides is 1. The number of alkyl carbamates (subject to hydrolysis) is 1. The van der Waals surface area contributed by atoms with E-state index in [2.05, 4.69) is 11.9 Å². The zero-order valence-electron chi connectivity index (χ0n) is 10.8. The normalized spacial score (nSPS) is 15.8. The van der Waals surface area contributed by atoms with Crippen molar-refractivity contribution >= 4 is 12.1 Å². The van der Waals surface area contributed by atoms with E-state index in [1.54, 1.807) is 12.1 Å². The monoisotopic (exact) mass is 277 g/mol. The fourth-order valence-corrected chi connectivity index (χ4v) is 1.93. The molecular formula is C14H15NO5. The van der Waals surface area contributed by atoms with Gasteiger partial charge in [0.2, 0.25) is 0 Å². The van der Waals surface area contributed by atoms with Gasteiger partial charge < -0.3 is 19.9 Å². The predicted molar refractivity (Wildman–Crippen MR) is 70.6 cm³/mol. The van der Waals surface area contributed by atoms with Crippen LogP contribution in [0.1, 0.15) is 15.9 Å². The Morgan fingerprint density at radius 3 is 2.80 bits per heavy atom. The molecule has 1 amide bonds. The molecule has 0 radical (unpaired) electrons. The first-order valence-electron chi connectivity index (χ1n) is 6.05. The van der Waals surface area contributed by atoms with Gasteiger partial charge in [0.25, 0.3) is 0 Å². The van der Waals surface area contributed by atoms with Crippen LogP contribution in [0.2, 0.25) is 0 Å². The Balaban J connectivity index is 2.18. The molecule has 1 aliphatic rings. The number of carboxylic acid groups (broad SMARTS) is 1. The van der Waals surface area contributed by atoms with Gasteiger partial charge in [-0.1, -0.05) is 24.8 Å². The molecule has 0 unspecified atom stereocenters. The highest BCUT2D eigenvalue weighted by molar-refractivity contribution is 5.87. The Kier molecular flexibility index (Phi) is 4.05. The number of nitrogens with one attached hydrogen (secondary N) is 1. The van der Waals surface area contributed by atoms with Crippen LogP contribution in [0.15, 0.2) is 36.9 Å². The van der Waals surface area contributed by atoms with E-state index >= 15 is 0 Å². The lowest BCUT2D eigenvalue weighted by Gasteiger charge is -2.42. The quantitative estimate of drug-likeness (QED) is 0.797. The van der Waals surface area contributed by atoms with E-state index in [4.69, 9.17) is 14.6 Å². The number of carbonyl (C=O) groups excluding carboxylic acids is 1. The summed E-state index contributed by atoms with van der Waals surface area (Å²) in [6.45, 7) is 4.12. The van der Waals surface area contributed by atoms with E-state index < -0.39 is 17.6 Å². The van der Waals surface area contributed by atoms with Crippen molar-refractivity contribution in [1.82, 2.24) is 5.32 Å². The second kappa shape index (κ2) is 5.75. The molecule has 6 heteroatoms. The third-order valence-electron chi connectivity index (χ3n) is 3.03. The predicted octanol–water partition coefficient (Wildman–Crippen LogP) is 1.52. The van der Waals surface area contributed by atoms with E-state index in [0.29, 0.717) is 5.56 Å². The molecule has 1 aromatic rings. The smallest absolute Gasteiger partial charge is 0.408 e. The standard InChI is InChI=1S/C14H15NO5/c1-2-6-20-13(18)15-14(8-19-9-14)11-5-3-4-10(7-11)12(16)17/h2-5,7H,1,6,8-9H2,(H,15,18)(H,16,17). The van der Waals surface area contributed by atoms with E-state index in [1.165, 1.54) is 18.2 Å². The van der Waals surface area contributed by atoms with Crippen LogP contribution in [-0.2, 0) is 15.0 Å². The van der Waals surface area contributed by atoms with Crippen molar-refractivity contribution in [2.75, 3.05) is 19.8 Å². The molecule has 1 fully saturated rings. The molecule has 6 nitrogen and oxygen atoms in total. The minimum atomic E-state index is -1.02. The van der Waals surface area contributed by atoms with Gasteiger partial charge in [-0.2, -0.15) is 0 Å². The number of ether oxygens (including phenoxy) is 2. The SMILES string of the molecule is C=CCOC(=O)NC1(c2cccc(C(=O)O)c2)COC1. The average molecular weight is 277 g/mol. The Morgan fingerprint density at radius 2 is 2.25 bits per heavy atom. The lowest BCUT2D eigenvalue weighted by molar-refractivity contribution is -0.0756. The molecule has 1 heterocycles. The lowest BCUT2D eigenvalue weighted by atomic mass is 9.87. The van der Waals surface area contributed by atoms with Gasteiger partial charge in [0.1, 0.15) is 12.1 Å². The first-order valence-corrected chi connectivity index (χ1v) is 6.05. The number of hydrogen-bond donors (Lipinski definition) is 2. The molecule has 0 atom stereocenters. The molecule has 106 valence electrons. The zero-order valence-corrected chi connectivity index (χ0v) is 10.8. The van der Waals surface area contributed by atoms with Gasteiger partial charge >= 0.3 is 12.1 Å². The Hall–Kier alpha value is -2.34. The molecule has 2 N–H and O–H groups in total. The maximum absolute atomic E-state index is 11.6. The fraction of sp³-hybridized carbons (Fsp3) is 0.286. The Labute approximate surface area is 116 Å². The molecule has 0 spiro atoms. The van der Waals surface area contributed by atoms with E-state index in [0.717, 1.165) is 0 Å². The molecule has 0 saturated carbocycles. The topological polar surface area (TPSA) is 84.9 Å². The summed E-state index contributed by atoms with van der Waals surface area (Å²) in [5.41, 5.74) is 0.109. The van der Waals surface area contributed by atoms with Gasteiger partial charge in [-0.3, -0.25) is 0 Å². The molecule has 2 rings (SSSR count). The molecule has 0 bridgehead atoms. The maximum atomic E-state index is 11.6. The zero-order chi connectivity index (χ0) is 14.6. The minimum Gasteiger partial charge on any atom is -0.478 e. The Morgan fingerprint density at radius 1 is 1.50 bits per heavy atom. The second-order valence-corrected chi connectivity index (χ2v) is 4.47. The summed E-state index contributed by atoms with van der Waals surface area (Å²) >= 11 is 0. The average Bonchev–Trinajstić information content (AvgIpc) is 2.40. The number of carbonyl (C=O) groups is 2. The third kappa shape index (κ3) is 2.80. The number of aromatic carboxylic acids is 1. The molecule has 0 aliphatic carbocycles. The first-order chi connectivity index (χ1) is 9.57. The maximum Gasteiger partial charge on any atom is 0.408 e. The lowest BCUT2D eigenvalue weighted by Crippen LogP contribution is -2.59. The summed E-state index contributed by atoms with van der Waals surface area (Å²) in [6, 6.07) is 6.41. The van der Waals surface area contributed by atoms with Crippen LogP contribution in [0.4, 0.5) is 4.79 Å². The molecular weight excluding hydrogens is 262 g/mol. The van der Waals surface area contributed by atoms with Gasteiger partial charge in [0, 0.05) is 0 Å². The van der Waals surface area contributed by atoms with Crippen molar-refractivity contribution < 1.29 is 24.2 Å². The molecule has 1 aliphatic heterocycles. The Bertz CT molecular complexity index is 536. The first kappa shape index (κ1) is 14.1. The number of hydrogen-bond acceptors (Lipinski definition) is 4. The van der Waals surface area contributed by atoms with Gasteiger partial charge in [0.15, 0.2) is 0 Å². The van der Waals surface area contributed by atoms with E-state index in [-0.39, 0.29) is 25.4 Å². The van der Waals surface area contributed by atoms with Gasteiger partial charge in [-0.05, 0) is 17.7 Å². The highest BCUT2D eigenvalue weighted by atomic mass is 16.6. The highest BCUT2D eigenvalue weighted by Crippen LogP contribution is 2.30. The van der Waals surface area contributed by atoms with Gasteiger partial charge in [0.05, 0.1) is 18.8 Å². The van der Waals surface area contributed by atoms with Gasteiger partial charge in [-0.25, -0.2) is 9.59 Å². The van der Waals surface area contributed by atoms with Crippen LogP contribution in [-0.4, -0.2) is 37.0 Å². The van der Waals surface area contributed by atoms with Crippen molar-refractivity contribution in [2.24, 2.45) is 0 Å². The number of carboxylic acids is 1. The molecule has 1 saturated heterocycles. The number of rotatable bonds is 5. The summed E-state index contributed by atoms with van der Waals surface area (Å²) < 4.78 is 10.0. The highest BCUT2D eigenvalue weighted by Gasteiger charge is 2.42. The molecule has 20 heavy (non-hydrogen) atoms. The van der Waals surface area contributed by atoms with Crippen LogP contribution in [0.5, 0.6) is 0 Å². The third-order valence-corrected chi connectivity index (χ3v) is 3.03. The molecule has 0 aromatic heterocycles. The summed E-state index contributed by atoms with van der Waals surface area (Å²) in [5.74, 6) is -1.02. The van der Waals surface area contributed by atoms with Crippen molar-refractivity contribution in [1.29, 1.82) is 0 Å². The number of benzene rings is 1. The largest absolute Gasteiger partial charge is 0.478 e. The fourth-order valence-electron chi connectivity index (χ4n) is 1.93. The van der Waals surface area contributed by atoms with E-state index in [1.807, 2.05) is 0 Å². The van der Waals surface area contributed by atoms with Crippen molar-refractivity contribution in [2.45, 2.75) is 5.54 Å². The van der Waals surface area contributed by atoms with Crippen LogP contribution >= 0.6 is 0 Å². The summed E-state index contributed by atoms with van der Waals surface area (Å²) in [5, 5.41) is 11.7. The summed E-state index contributed by atoms with van der Waals surface area (Å²) in [7, 11) is 0. The van der Waals surface area contributed by atoms with Crippen molar-refractivity contribution in [3.05, 3.63) is 48.0 Å². The van der Waals surface area contributed by atoms with E-state index in [9.17, 15) is 9.59 Å². The molecule has 1 aromatic carbocycles. The summed E-state index contributed by atoms with van der Waals surface area (Å²) in [4.78, 5) is 22.6. The van der Waals surface area contributed by atoms with Crippen LogP contribution in [0, 0.1) is 0 Å². The second-order valence-electron chi connectivity index (χ2n) is 4.47. The van der Waals surface area contributed by atoms with Crippen molar-refractivity contribution in [3.8, 4) is 0 Å². The van der Waals surface area contributed by atoms with Crippen LogP contribution in [0.25, 0.3) is 0 Å². The minimum absolute atomic E-state index is 0.109. The van der Waals surface area contributed by atoms with Crippen LogP contribution < -0.4 is 5.32 Å². The summed E-state index contributed by atoms with van der Waals surface area (Å²) in [6.07, 6.45) is 0.878.